The second-order valence-corrected chi connectivity index (χ2v) is 14.1. The number of ether oxygens (including phenoxy) is 3. The highest BCUT2D eigenvalue weighted by Gasteiger charge is 2.37. The summed E-state index contributed by atoms with van der Waals surface area (Å²) >= 11 is 3.50. The summed E-state index contributed by atoms with van der Waals surface area (Å²) in [6.07, 6.45) is 2.49. The Morgan fingerprint density at radius 2 is 1.79 bits per heavy atom. The second-order valence-electron chi connectivity index (χ2n) is 13.2. The molecule has 4 heterocycles. The van der Waals surface area contributed by atoms with E-state index in [0.29, 0.717) is 66.3 Å². The van der Waals surface area contributed by atoms with Crippen molar-refractivity contribution in [2.24, 2.45) is 4.99 Å². The Bertz CT molecular complexity index is 2490. The third-order valence-corrected chi connectivity index (χ3v) is 10.3. The lowest BCUT2D eigenvalue weighted by Crippen LogP contribution is -2.55. The summed E-state index contributed by atoms with van der Waals surface area (Å²) in [4.78, 5) is 56.9. The minimum Gasteiger partial charge on any atom is -0.493 e. The molecule has 0 radical (unpaired) electrons. The molecule has 18 heteroatoms. The van der Waals surface area contributed by atoms with E-state index in [-0.39, 0.29) is 57.5 Å². The Labute approximate surface area is 326 Å². The van der Waals surface area contributed by atoms with Gasteiger partial charge < -0.3 is 30.0 Å². The quantitative estimate of drug-likeness (QED) is 0.194. The number of aromatic carboxylic acids is 1. The first-order valence-corrected chi connectivity index (χ1v) is 18.0. The SMILES string of the molecule is COc1cc(Cc2cnc(/N=C3\C(=O)N(CN4CCN(c5cc6c(cc5F)c(=O)c(C(=O)O)cn6F)CC4C)c4ccc(Br)cc43)nc2N)cc(OC)c1OC. The van der Waals surface area contributed by atoms with E-state index < -0.39 is 22.8 Å². The number of halogens is 3. The van der Waals surface area contributed by atoms with Gasteiger partial charge in [0.15, 0.2) is 11.5 Å². The van der Waals surface area contributed by atoms with Crippen molar-refractivity contribution < 1.29 is 37.8 Å². The number of carboxylic acids is 1. The van der Waals surface area contributed by atoms with Crippen molar-refractivity contribution >= 4 is 67.6 Å². The highest BCUT2D eigenvalue weighted by Crippen LogP contribution is 2.39. The van der Waals surface area contributed by atoms with Crippen molar-refractivity contribution in [1.82, 2.24) is 19.7 Å². The first kappa shape index (κ1) is 38.1. The van der Waals surface area contributed by atoms with Crippen LogP contribution in [0.5, 0.6) is 17.2 Å². The van der Waals surface area contributed by atoms with E-state index in [1.807, 2.05) is 31.2 Å². The predicted octanol–water partition coefficient (Wildman–Crippen LogP) is 4.96. The summed E-state index contributed by atoms with van der Waals surface area (Å²) in [6, 6.07) is 10.9. The van der Waals surface area contributed by atoms with E-state index in [2.05, 4.69) is 35.8 Å². The smallest absolute Gasteiger partial charge is 0.341 e. The van der Waals surface area contributed by atoms with E-state index in [9.17, 15) is 24.0 Å². The number of methoxy groups -OCH3 is 3. The molecule has 0 saturated carbocycles. The summed E-state index contributed by atoms with van der Waals surface area (Å²) in [5.74, 6) is -1.15. The lowest BCUT2D eigenvalue weighted by Gasteiger charge is -2.42. The van der Waals surface area contributed by atoms with Crippen molar-refractivity contribution in [3.63, 3.8) is 0 Å². The molecule has 3 aromatic carbocycles. The molecule has 7 rings (SSSR count). The normalized spacial score (nSPS) is 16.4. The molecule has 3 N–H and O–H groups in total. The number of anilines is 3. The maximum absolute atomic E-state index is 15.4. The van der Waals surface area contributed by atoms with Gasteiger partial charge in [-0.1, -0.05) is 20.4 Å². The minimum absolute atomic E-state index is 0.00421. The van der Waals surface area contributed by atoms with Crippen molar-refractivity contribution in [1.29, 1.82) is 0 Å². The summed E-state index contributed by atoms with van der Waals surface area (Å²) in [5, 5.41) is 8.88. The van der Waals surface area contributed by atoms with Gasteiger partial charge >= 0.3 is 5.97 Å². The number of hydrogen-bond acceptors (Lipinski definition) is 12. The number of carboxylic acid groups (broad SMARTS) is 1. The number of amides is 1. The molecule has 1 fully saturated rings. The molecular weight excluding hydrogens is 798 g/mol. The number of benzene rings is 3. The van der Waals surface area contributed by atoms with Crippen molar-refractivity contribution in [2.45, 2.75) is 19.4 Å². The molecule has 2 aliphatic rings. The van der Waals surface area contributed by atoms with Gasteiger partial charge in [-0.2, -0.15) is 9.77 Å². The van der Waals surface area contributed by atoms with Gasteiger partial charge in [-0.05, 0) is 55.0 Å². The number of aromatic nitrogens is 3. The molecule has 5 aromatic rings. The highest BCUT2D eigenvalue weighted by atomic mass is 79.9. The van der Waals surface area contributed by atoms with Crippen LogP contribution >= 0.6 is 15.9 Å². The van der Waals surface area contributed by atoms with Crippen LogP contribution in [-0.4, -0.2) is 96.0 Å². The standard InChI is InChI=1S/C38H35BrF2N8O7/c1-19-16-46(29-14-28-24(13-26(29)40)33(50)25(37(52)53)17-49(28)41)7-8-47(19)18-48-27-6-5-22(39)12-23(27)32(36(48)51)44-38-43-15-21(35(42)45-38)9-20-10-30(54-2)34(56-4)31(11-20)55-3/h5-6,10-15,17,19H,7-9,16,18H2,1-4H3,(H,52,53)(H2,42,43,45)/b44-32-. The van der Waals surface area contributed by atoms with Crippen LogP contribution in [0.1, 0.15) is 34.0 Å². The fourth-order valence-electron chi connectivity index (χ4n) is 6.99. The second kappa shape index (κ2) is 15.2. The van der Waals surface area contributed by atoms with Gasteiger partial charge in [0, 0.05) is 53.9 Å². The van der Waals surface area contributed by atoms with Crippen molar-refractivity contribution in [3.8, 4) is 17.2 Å². The van der Waals surface area contributed by atoms with Crippen molar-refractivity contribution in [2.75, 3.05) is 63.2 Å². The number of nitrogen functional groups attached to an aromatic ring is 1. The maximum atomic E-state index is 15.4. The molecule has 2 aliphatic heterocycles. The van der Waals surface area contributed by atoms with Gasteiger partial charge in [-0.15, -0.1) is 0 Å². The topological polar surface area (TPSA) is 178 Å². The molecule has 1 atom stereocenters. The Morgan fingerprint density at radius 3 is 2.43 bits per heavy atom. The Morgan fingerprint density at radius 1 is 1.05 bits per heavy atom. The van der Waals surface area contributed by atoms with Crippen LogP contribution in [0.25, 0.3) is 10.9 Å². The number of aliphatic imine (C=N–C) groups is 1. The van der Waals surface area contributed by atoms with Gasteiger partial charge in [-0.3, -0.25) is 19.4 Å². The number of pyridine rings is 1. The third kappa shape index (κ3) is 6.96. The molecule has 1 amide bonds. The van der Waals surface area contributed by atoms with E-state index in [4.69, 9.17) is 19.9 Å². The van der Waals surface area contributed by atoms with Gasteiger partial charge in [0.05, 0.1) is 56.5 Å². The molecule has 1 unspecified atom stereocenters. The number of fused-ring (bicyclic) bond motifs is 2. The molecule has 0 aliphatic carbocycles. The van der Waals surface area contributed by atoms with Crippen LogP contribution in [0.15, 0.2) is 69.1 Å². The van der Waals surface area contributed by atoms with Crippen LogP contribution in [0.4, 0.5) is 32.0 Å². The number of rotatable bonds is 10. The van der Waals surface area contributed by atoms with Crippen molar-refractivity contribution in [3.05, 3.63) is 97.6 Å². The monoisotopic (exact) mass is 832 g/mol. The van der Waals surface area contributed by atoms with Crippen LogP contribution in [-0.2, 0) is 11.2 Å². The minimum atomic E-state index is -1.61. The fourth-order valence-corrected chi connectivity index (χ4v) is 7.35. The Hall–Kier alpha value is -6.14. The van der Waals surface area contributed by atoms with Gasteiger partial charge in [0.1, 0.15) is 22.9 Å². The number of piperazine rings is 1. The number of hydrogen-bond donors (Lipinski definition) is 2. The molecule has 56 heavy (non-hydrogen) atoms. The Kier molecular flexibility index (Phi) is 10.3. The molecule has 2 aromatic heterocycles. The summed E-state index contributed by atoms with van der Waals surface area (Å²) < 4.78 is 47.4. The van der Waals surface area contributed by atoms with E-state index in [0.717, 1.165) is 16.1 Å². The van der Waals surface area contributed by atoms with Crippen LogP contribution < -0.4 is 35.2 Å². The Balaban J connectivity index is 1.10. The van der Waals surface area contributed by atoms with E-state index in [1.165, 1.54) is 27.4 Å². The van der Waals surface area contributed by atoms with Crippen LogP contribution in [0.2, 0.25) is 0 Å². The molecule has 1 saturated heterocycles. The summed E-state index contributed by atoms with van der Waals surface area (Å²) in [5.41, 5.74) is 7.18. The molecule has 0 spiro atoms. The first-order chi connectivity index (χ1) is 26.8. The maximum Gasteiger partial charge on any atom is 0.341 e. The molecular formula is C38H35BrF2N8O7. The molecule has 0 bridgehead atoms. The largest absolute Gasteiger partial charge is 0.493 e. The number of carbonyl (C=O) groups is 2. The fraction of sp³-hybridized carbons (Fsp3) is 0.263. The summed E-state index contributed by atoms with van der Waals surface area (Å²) in [6.45, 7) is 3.11. The van der Waals surface area contributed by atoms with Gasteiger partial charge in [0.2, 0.25) is 11.2 Å². The average Bonchev–Trinajstić information content (AvgIpc) is 3.42. The zero-order valence-corrected chi connectivity index (χ0v) is 32.1. The first-order valence-electron chi connectivity index (χ1n) is 17.2. The average molecular weight is 834 g/mol. The zero-order chi connectivity index (χ0) is 40.0. The molecule has 15 nitrogen and oxygen atoms in total. The zero-order valence-electron chi connectivity index (χ0n) is 30.5. The van der Waals surface area contributed by atoms with E-state index >= 15 is 4.39 Å². The lowest BCUT2D eigenvalue weighted by molar-refractivity contribution is -0.112. The number of nitrogens with two attached hydrogens (primary N) is 1. The van der Waals surface area contributed by atoms with Gasteiger partial charge in [0.25, 0.3) is 11.9 Å². The number of carbonyl (C=O) groups excluding carboxylic acids is 1. The number of nitrogens with zero attached hydrogens (tertiary/aromatic N) is 7. The van der Waals surface area contributed by atoms with Gasteiger partial charge in [-0.25, -0.2) is 19.2 Å². The van der Waals surface area contributed by atoms with Crippen LogP contribution in [0, 0.1) is 5.82 Å². The van der Waals surface area contributed by atoms with Crippen LogP contribution in [0.3, 0.4) is 0 Å². The third-order valence-electron chi connectivity index (χ3n) is 9.85. The summed E-state index contributed by atoms with van der Waals surface area (Å²) in [7, 11) is 4.59. The predicted molar refractivity (Wildman–Crippen MR) is 208 cm³/mol. The molecule has 290 valence electrons. The lowest BCUT2D eigenvalue weighted by atomic mass is 10.1. The highest BCUT2D eigenvalue weighted by molar-refractivity contribution is 9.10. The van der Waals surface area contributed by atoms with E-state index in [1.54, 1.807) is 22.1 Å².